The highest BCUT2D eigenvalue weighted by Crippen LogP contribution is 2.24. The van der Waals surface area contributed by atoms with Gasteiger partial charge in [0.05, 0.1) is 12.6 Å². The van der Waals surface area contributed by atoms with Crippen LogP contribution in [0.2, 0.25) is 0 Å². The molecule has 0 radical (unpaired) electrons. The molecule has 3 N–H and O–H groups in total. The minimum absolute atomic E-state index is 0.0492. The van der Waals surface area contributed by atoms with Gasteiger partial charge >= 0.3 is 0 Å². The molecular formula is C26H37N5O. The highest BCUT2D eigenvalue weighted by molar-refractivity contribution is 5.90. The van der Waals surface area contributed by atoms with Crippen molar-refractivity contribution >= 4 is 23.2 Å². The first-order valence-electron chi connectivity index (χ1n) is 11.9. The largest absolute Gasteiger partial charge is 0.372 e. The van der Waals surface area contributed by atoms with Crippen LogP contribution in [0.4, 0.5) is 11.4 Å². The molecule has 1 amide bonds. The van der Waals surface area contributed by atoms with E-state index in [1.807, 2.05) is 31.2 Å². The van der Waals surface area contributed by atoms with Crippen molar-refractivity contribution in [2.45, 2.75) is 59.0 Å². The van der Waals surface area contributed by atoms with Gasteiger partial charge in [-0.1, -0.05) is 31.2 Å². The number of nitrogens with zero attached hydrogens (tertiary/aromatic N) is 2. The quantitative estimate of drug-likeness (QED) is 0.389. The van der Waals surface area contributed by atoms with E-state index < -0.39 is 0 Å². The van der Waals surface area contributed by atoms with E-state index >= 15 is 0 Å². The van der Waals surface area contributed by atoms with Gasteiger partial charge in [0.2, 0.25) is 5.91 Å². The van der Waals surface area contributed by atoms with Crippen LogP contribution >= 0.6 is 0 Å². The lowest BCUT2D eigenvalue weighted by Gasteiger charge is -2.22. The molecule has 3 rings (SSSR count). The minimum atomic E-state index is 0.0492. The Morgan fingerprint density at radius 1 is 1.09 bits per heavy atom. The fourth-order valence-electron chi connectivity index (χ4n) is 3.94. The molecule has 1 aliphatic heterocycles. The van der Waals surface area contributed by atoms with Crippen LogP contribution in [0, 0.1) is 0 Å². The van der Waals surface area contributed by atoms with E-state index in [4.69, 9.17) is 4.99 Å². The number of hydrogen-bond donors (Lipinski definition) is 3. The number of anilines is 2. The van der Waals surface area contributed by atoms with Crippen molar-refractivity contribution in [1.29, 1.82) is 0 Å². The third-order valence-electron chi connectivity index (χ3n) is 5.65. The Labute approximate surface area is 192 Å². The Hall–Kier alpha value is -3.02. The van der Waals surface area contributed by atoms with Crippen molar-refractivity contribution in [3.8, 4) is 0 Å². The van der Waals surface area contributed by atoms with Crippen LogP contribution < -0.4 is 20.9 Å². The van der Waals surface area contributed by atoms with E-state index in [0.29, 0.717) is 13.0 Å². The van der Waals surface area contributed by atoms with Crippen molar-refractivity contribution in [2.75, 3.05) is 29.9 Å². The number of nitrogens with one attached hydrogen (secondary N) is 3. The lowest BCUT2D eigenvalue weighted by atomic mass is 10.1. The maximum absolute atomic E-state index is 11.9. The molecule has 1 saturated heterocycles. The first-order valence-corrected chi connectivity index (χ1v) is 11.9. The van der Waals surface area contributed by atoms with Crippen LogP contribution in [0.1, 0.15) is 63.6 Å². The first-order chi connectivity index (χ1) is 15.6. The Kier molecular flexibility index (Phi) is 8.96. The number of carbonyl (C=O) groups excluding carboxylic acids is 1. The van der Waals surface area contributed by atoms with E-state index in [0.717, 1.165) is 43.3 Å². The van der Waals surface area contributed by atoms with Crippen LogP contribution in [0.15, 0.2) is 53.5 Å². The Morgan fingerprint density at radius 3 is 2.62 bits per heavy atom. The lowest BCUT2D eigenvalue weighted by Crippen LogP contribution is -2.38. The van der Waals surface area contributed by atoms with Gasteiger partial charge < -0.3 is 20.9 Å². The predicted octanol–water partition coefficient (Wildman–Crippen LogP) is 4.84. The zero-order chi connectivity index (χ0) is 22.8. The van der Waals surface area contributed by atoms with E-state index in [1.165, 1.54) is 24.1 Å². The number of hydrogen-bond acceptors (Lipinski definition) is 3. The molecular weight excluding hydrogens is 398 g/mol. The second-order valence-corrected chi connectivity index (χ2v) is 8.35. The number of carbonyl (C=O) groups is 1. The van der Waals surface area contributed by atoms with Crippen molar-refractivity contribution in [3.63, 3.8) is 0 Å². The van der Waals surface area contributed by atoms with Gasteiger partial charge in [-0.25, -0.2) is 4.99 Å². The summed E-state index contributed by atoms with van der Waals surface area (Å²) in [5.41, 5.74) is 4.43. The molecule has 1 fully saturated rings. The number of benzene rings is 2. The maximum Gasteiger partial charge on any atom is 0.224 e. The molecule has 2 aromatic rings. The van der Waals surface area contributed by atoms with E-state index in [2.05, 4.69) is 59.0 Å². The Bertz CT molecular complexity index is 905. The molecule has 0 spiro atoms. The molecule has 0 aliphatic carbocycles. The van der Waals surface area contributed by atoms with Gasteiger partial charge in [0, 0.05) is 37.4 Å². The van der Waals surface area contributed by atoms with E-state index in [-0.39, 0.29) is 11.9 Å². The molecule has 6 heteroatoms. The predicted molar refractivity (Wildman–Crippen MR) is 134 cm³/mol. The molecule has 0 saturated carbocycles. The summed E-state index contributed by atoms with van der Waals surface area (Å²) >= 11 is 0. The third-order valence-corrected chi connectivity index (χ3v) is 5.65. The molecule has 0 bridgehead atoms. The summed E-state index contributed by atoms with van der Waals surface area (Å²) in [5, 5.41) is 9.84. The Morgan fingerprint density at radius 2 is 1.88 bits per heavy atom. The normalized spacial score (nSPS) is 14.8. The molecule has 0 aromatic heterocycles. The minimum Gasteiger partial charge on any atom is -0.372 e. The lowest BCUT2D eigenvalue weighted by molar-refractivity contribution is -0.116. The number of aliphatic imine (C=N–C) groups is 1. The molecule has 172 valence electrons. The molecule has 32 heavy (non-hydrogen) atoms. The van der Waals surface area contributed by atoms with Gasteiger partial charge in [-0.2, -0.15) is 0 Å². The topological polar surface area (TPSA) is 68.8 Å². The highest BCUT2D eigenvalue weighted by Gasteiger charge is 2.14. The maximum atomic E-state index is 11.9. The van der Waals surface area contributed by atoms with Gasteiger partial charge in [0.25, 0.3) is 0 Å². The number of guanidine groups is 1. The van der Waals surface area contributed by atoms with Crippen LogP contribution in [-0.4, -0.2) is 31.5 Å². The standard InChI is InChI=1S/C26H37N5O/c1-4-10-25(32)30-23-13-8-11-21(17-23)19-28-26(27-5-2)29-20(3)22-12-9-14-24(18-22)31-15-6-7-16-31/h8-9,11-14,17-18,20H,4-7,10,15-16,19H2,1-3H3,(H,30,32)(H2,27,28,29). The fourth-order valence-corrected chi connectivity index (χ4v) is 3.94. The van der Waals surface area contributed by atoms with Gasteiger partial charge in [0.1, 0.15) is 0 Å². The molecule has 1 heterocycles. The summed E-state index contributed by atoms with van der Waals surface area (Å²) in [4.78, 5) is 19.1. The summed E-state index contributed by atoms with van der Waals surface area (Å²) in [6.07, 6.45) is 3.93. The average Bonchev–Trinajstić information content (AvgIpc) is 3.33. The summed E-state index contributed by atoms with van der Waals surface area (Å²) in [6.45, 7) is 9.86. The van der Waals surface area contributed by atoms with Gasteiger partial charge in [0.15, 0.2) is 5.96 Å². The fraction of sp³-hybridized carbons (Fsp3) is 0.462. The first kappa shape index (κ1) is 23.6. The smallest absolute Gasteiger partial charge is 0.224 e. The van der Waals surface area contributed by atoms with Crippen molar-refractivity contribution in [2.24, 2.45) is 4.99 Å². The summed E-state index contributed by atoms with van der Waals surface area (Å²) in [5.74, 6) is 0.833. The molecule has 6 nitrogen and oxygen atoms in total. The highest BCUT2D eigenvalue weighted by atomic mass is 16.1. The molecule has 1 unspecified atom stereocenters. The molecule has 1 aliphatic rings. The Balaban J connectivity index is 1.65. The summed E-state index contributed by atoms with van der Waals surface area (Å²) < 4.78 is 0. The number of amides is 1. The third kappa shape index (κ3) is 7.01. The van der Waals surface area contributed by atoms with Gasteiger partial charge in [-0.15, -0.1) is 0 Å². The monoisotopic (exact) mass is 435 g/mol. The van der Waals surface area contributed by atoms with Gasteiger partial charge in [-0.05, 0) is 68.5 Å². The van der Waals surface area contributed by atoms with Crippen LogP contribution in [0.25, 0.3) is 0 Å². The van der Waals surface area contributed by atoms with Crippen molar-refractivity contribution in [1.82, 2.24) is 10.6 Å². The van der Waals surface area contributed by atoms with Crippen molar-refractivity contribution in [3.05, 3.63) is 59.7 Å². The molecule has 2 aromatic carbocycles. The second kappa shape index (κ2) is 12.1. The number of rotatable bonds is 9. The van der Waals surface area contributed by atoms with Gasteiger partial charge in [-0.3, -0.25) is 4.79 Å². The van der Waals surface area contributed by atoms with E-state index in [1.54, 1.807) is 0 Å². The zero-order valence-electron chi connectivity index (χ0n) is 19.7. The van der Waals surface area contributed by atoms with E-state index in [9.17, 15) is 4.79 Å². The second-order valence-electron chi connectivity index (χ2n) is 8.35. The average molecular weight is 436 g/mol. The van der Waals surface area contributed by atoms with Crippen LogP contribution in [0.5, 0.6) is 0 Å². The summed E-state index contributed by atoms with van der Waals surface area (Å²) in [7, 11) is 0. The van der Waals surface area contributed by atoms with Crippen molar-refractivity contribution < 1.29 is 4.79 Å². The zero-order valence-corrected chi connectivity index (χ0v) is 19.7. The van der Waals surface area contributed by atoms with Crippen LogP contribution in [-0.2, 0) is 11.3 Å². The molecule has 1 atom stereocenters. The summed E-state index contributed by atoms with van der Waals surface area (Å²) in [6, 6.07) is 16.8. The SMILES string of the molecule is CCCC(=O)Nc1cccc(CN=C(NCC)NC(C)c2cccc(N3CCCC3)c2)c1. The van der Waals surface area contributed by atoms with Crippen LogP contribution in [0.3, 0.4) is 0 Å².